The van der Waals surface area contributed by atoms with Crippen LogP contribution in [0.3, 0.4) is 0 Å². The second kappa shape index (κ2) is 2.91. The molecule has 0 spiro atoms. The quantitative estimate of drug-likeness (QED) is 0.628. The lowest BCUT2D eigenvalue weighted by atomic mass is 9.88. The Balaban J connectivity index is 2.53. The first-order chi connectivity index (χ1) is 6.16. The molecule has 0 saturated heterocycles. The summed E-state index contributed by atoms with van der Waals surface area (Å²) in [4.78, 5) is 13.8. The fourth-order valence-corrected chi connectivity index (χ4v) is 1.92. The van der Waals surface area contributed by atoms with Crippen molar-refractivity contribution >= 4 is 0 Å². The Morgan fingerprint density at radius 3 is 3.15 bits per heavy atom. The third kappa shape index (κ3) is 1.46. The minimum absolute atomic E-state index is 0.158. The van der Waals surface area contributed by atoms with Gasteiger partial charge in [-0.25, -0.2) is 0 Å². The molecule has 1 aliphatic carbocycles. The molecule has 0 aliphatic heterocycles. The molecule has 0 fully saturated rings. The summed E-state index contributed by atoms with van der Waals surface area (Å²) >= 11 is 0. The van der Waals surface area contributed by atoms with Crippen LogP contribution in [0.4, 0.5) is 0 Å². The molecule has 3 heteroatoms. The zero-order valence-electron chi connectivity index (χ0n) is 7.63. The lowest BCUT2D eigenvalue weighted by molar-refractivity contribution is 0.437. The van der Waals surface area contributed by atoms with Gasteiger partial charge in [0, 0.05) is 17.3 Å². The molecule has 1 heterocycles. The van der Waals surface area contributed by atoms with Gasteiger partial charge in [0.15, 0.2) is 0 Å². The maximum Gasteiger partial charge on any atom is 0.251 e. The molecule has 0 saturated carbocycles. The van der Waals surface area contributed by atoms with E-state index in [1.54, 1.807) is 0 Å². The molecular formula is C10H13NO2. The number of aromatic amines is 1. The summed E-state index contributed by atoms with van der Waals surface area (Å²) < 4.78 is 0. The average Bonchev–Trinajstić information content (AvgIpc) is 2.02. The molecular weight excluding hydrogens is 166 g/mol. The van der Waals surface area contributed by atoms with E-state index in [-0.39, 0.29) is 11.3 Å². The van der Waals surface area contributed by atoms with Crippen LogP contribution < -0.4 is 5.56 Å². The van der Waals surface area contributed by atoms with Crippen LogP contribution in [0, 0.1) is 5.92 Å². The van der Waals surface area contributed by atoms with E-state index in [2.05, 4.69) is 11.9 Å². The van der Waals surface area contributed by atoms with Crippen molar-refractivity contribution < 1.29 is 5.11 Å². The first-order valence-electron chi connectivity index (χ1n) is 4.61. The maximum atomic E-state index is 11.1. The Morgan fingerprint density at radius 2 is 2.38 bits per heavy atom. The minimum atomic E-state index is -0.203. The summed E-state index contributed by atoms with van der Waals surface area (Å²) in [6.45, 7) is 2.16. The van der Waals surface area contributed by atoms with E-state index < -0.39 is 0 Å². The van der Waals surface area contributed by atoms with Gasteiger partial charge in [-0.3, -0.25) is 4.79 Å². The fraction of sp³-hybridized carbons (Fsp3) is 0.500. The van der Waals surface area contributed by atoms with E-state index in [0.717, 1.165) is 30.5 Å². The summed E-state index contributed by atoms with van der Waals surface area (Å²) in [5.74, 6) is 0.760. The van der Waals surface area contributed by atoms with Crippen LogP contribution in [0.2, 0.25) is 0 Å². The third-order valence-electron chi connectivity index (χ3n) is 2.66. The third-order valence-corrected chi connectivity index (χ3v) is 2.66. The van der Waals surface area contributed by atoms with Gasteiger partial charge in [-0.15, -0.1) is 0 Å². The summed E-state index contributed by atoms with van der Waals surface area (Å²) in [5.41, 5.74) is 1.65. The van der Waals surface area contributed by atoms with Crippen molar-refractivity contribution in [1.29, 1.82) is 0 Å². The van der Waals surface area contributed by atoms with Gasteiger partial charge in [-0.05, 0) is 25.2 Å². The summed E-state index contributed by atoms with van der Waals surface area (Å²) in [6.07, 6.45) is 2.84. The number of nitrogens with one attached hydrogen (secondary N) is 1. The SMILES string of the molecule is CC1CCc2c(O)cc(=O)[nH]c2C1. The first-order valence-corrected chi connectivity index (χ1v) is 4.61. The lowest BCUT2D eigenvalue weighted by Gasteiger charge is -2.21. The van der Waals surface area contributed by atoms with Crippen molar-refractivity contribution in [3.8, 4) is 5.75 Å². The van der Waals surface area contributed by atoms with E-state index in [0.29, 0.717) is 5.92 Å². The highest BCUT2D eigenvalue weighted by Crippen LogP contribution is 2.28. The van der Waals surface area contributed by atoms with Gasteiger partial charge in [-0.2, -0.15) is 0 Å². The zero-order chi connectivity index (χ0) is 9.42. The number of pyridine rings is 1. The van der Waals surface area contributed by atoms with E-state index in [1.807, 2.05) is 0 Å². The molecule has 1 atom stereocenters. The molecule has 1 aliphatic rings. The number of H-pyrrole nitrogens is 1. The Hall–Kier alpha value is -1.25. The average molecular weight is 179 g/mol. The van der Waals surface area contributed by atoms with Gasteiger partial charge >= 0.3 is 0 Å². The summed E-state index contributed by atoms with van der Waals surface area (Å²) in [6, 6.07) is 1.26. The molecule has 1 unspecified atom stereocenters. The van der Waals surface area contributed by atoms with Crippen molar-refractivity contribution in [3.05, 3.63) is 27.7 Å². The Bertz CT molecular complexity index is 381. The van der Waals surface area contributed by atoms with Gasteiger partial charge in [0.2, 0.25) is 0 Å². The lowest BCUT2D eigenvalue weighted by Crippen LogP contribution is -2.18. The molecule has 3 nitrogen and oxygen atoms in total. The molecule has 70 valence electrons. The van der Waals surface area contributed by atoms with Gasteiger partial charge in [-0.1, -0.05) is 6.92 Å². The van der Waals surface area contributed by atoms with Gasteiger partial charge < -0.3 is 10.1 Å². The second-order valence-corrected chi connectivity index (χ2v) is 3.82. The predicted octanol–water partition coefficient (Wildman–Crippen LogP) is 1.21. The number of hydrogen-bond acceptors (Lipinski definition) is 2. The topological polar surface area (TPSA) is 53.1 Å². The fourth-order valence-electron chi connectivity index (χ4n) is 1.92. The monoisotopic (exact) mass is 179 g/mol. The highest BCUT2D eigenvalue weighted by Gasteiger charge is 2.18. The molecule has 2 N–H and O–H groups in total. The van der Waals surface area contributed by atoms with Crippen LogP contribution in [0.25, 0.3) is 0 Å². The number of aromatic hydroxyl groups is 1. The number of aromatic nitrogens is 1. The molecule has 1 aromatic heterocycles. The van der Waals surface area contributed by atoms with E-state index in [4.69, 9.17) is 0 Å². The second-order valence-electron chi connectivity index (χ2n) is 3.82. The standard InChI is InChI=1S/C10H13NO2/c1-6-2-3-7-8(4-6)11-10(13)5-9(7)12/h5-6H,2-4H2,1H3,(H2,11,12,13). The van der Waals surface area contributed by atoms with E-state index >= 15 is 0 Å². The van der Waals surface area contributed by atoms with Crippen molar-refractivity contribution in [2.45, 2.75) is 26.2 Å². The highest BCUT2D eigenvalue weighted by atomic mass is 16.3. The molecule has 13 heavy (non-hydrogen) atoms. The van der Waals surface area contributed by atoms with Crippen LogP contribution >= 0.6 is 0 Å². The van der Waals surface area contributed by atoms with Crippen LogP contribution in [0.1, 0.15) is 24.6 Å². The Labute approximate surface area is 76.4 Å². The predicted molar refractivity (Wildman–Crippen MR) is 49.9 cm³/mol. The van der Waals surface area contributed by atoms with E-state index in [9.17, 15) is 9.90 Å². The van der Waals surface area contributed by atoms with Crippen molar-refractivity contribution in [1.82, 2.24) is 4.98 Å². The van der Waals surface area contributed by atoms with E-state index in [1.165, 1.54) is 6.07 Å². The largest absolute Gasteiger partial charge is 0.507 e. The highest BCUT2D eigenvalue weighted by molar-refractivity contribution is 5.36. The molecule has 0 radical (unpaired) electrons. The Morgan fingerprint density at radius 1 is 1.62 bits per heavy atom. The Kier molecular flexibility index (Phi) is 1.87. The number of fused-ring (bicyclic) bond motifs is 1. The molecule has 0 amide bonds. The molecule has 0 bridgehead atoms. The van der Waals surface area contributed by atoms with Crippen LogP contribution in [0.15, 0.2) is 10.9 Å². The van der Waals surface area contributed by atoms with Crippen LogP contribution in [0.5, 0.6) is 5.75 Å². The molecule has 0 aromatic carbocycles. The van der Waals surface area contributed by atoms with Gasteiger partial charge in [0.25, 0.3) is 5.56 Å². The molecule has 1 aromatic rings. The minimum Gasteiger partial charge on any atom is -0.507 e. The van der Waals surface area contributed by atoms with Crippen molar-refractivity contribution in [2.75, 3.05) is 0 Å². The first kappa shape index (κ1) is 8.35. The maximum absolute atomic E-state index is 11.1. The van der Waals surface area contributed by atoms with Crippen molar-refractivity contribution in [3.63, 3.8) is 0 Å². The molecule has 2 rings (SSSR count). The summed E-state index contributed by atoms with van der Waals surface area (Å²) in [7, 11) is 0. The van der Waals surface area contributed by atoms with Gasteiger partial charge in [0.1, 0.15) is 5.75 Å². The summed E-state index contributed by atoms with van der Waals surface area (Å²) in [5, 5.41) is 9.50. The number of hydrogen-bond donors (Lipinski definition) is 2. The zero-order valence-corrected chi connectivity index (χ0v) is 7.63. The number of rotatable bonds is 0. The van der Waals surface area contributed by atoms with Gasteiger partial charge in [0.05, 0.1) is 0 Å². The smallest absolute Gasteiger partial charge is 0.251 e. The van der Waals surface area contributed by atoms with Crippen molar-refractivity contribution in [2.24, 2.45) is 5.92 Å². The normalized spacial score (nSPS) is 21.2. The van der Waals surface area contributed by atoms with Crippen LogP contribution in [-0.4, -0.2) is 10.1 Å². The van der Waals surface area contributed by atoms with Crippen LogP contribution in [-0.2, 0) is 12.8 Å².